The van der Waals surface area contributed by atoms with Gasteiger partial charge in [0.2, 0.25) is 0 Å². The van der Waals surface area contributed by atoms with Crippen LogP contribution in [-0.2, 0) is 6.42 Å². The molecule has 0 aliphatic heterocycles. The number of ether oxygens (including phenoxy) is 3. The van der Waals surface area contributed by atoms with Gasteiger partial charge < -0.3 is 24.8 Å². The predicted molar refractivity (Wildman–Crippen MR) is 109 cm³/mol. The average Bonchev–Trinajstić information content (AvgIpc) is 2.71. The molecule has 0 aliphatic carbocycles. The first-order valence-electron chi connectivity index (χ1n) is 9.03. The predicted octanol–water partition coefficient (Wildman–Crippen LogP) is 2.88. The number of rotatable bonds is 9. The van der Waals surface area contributed by atoms with Crippen molar-refractivity contribution in [2.45, 2.75) is 19.4 Å². The molecule has 2 rings (SSSR count). The van der Waals surface area contributed by atoms with Crippen molar-refractivity contribution in [2.75, 3.05) is 34.4 Å². The molecule has 0 amide bonds. The molecule has 2 aromatic rings. The molecule has 2 N–H and O–H groups in total. The first-order valence-corrected chi connectivity index (χ1v) is 9.03. The molecule has 0 fully saturated rings. The third kappa shape index (κ3) is 6.73. The van der Waals surface area contributed by atoms with Crippen LogP contribution >= 0.6 is 0 Å². The summed E-state index contributed by atoms with van der Waals surface area (Å²) in [6.45, 7) is 3.44. The number of aliphatic imine (C=N–C) groups is 1. The Morgan fingerprint density at radius 3 is 2.41 bits per heavy atom. The zero-order valence-electron chi connectivity index (χ0n) is 16.5. The Balaban J connectivity index is 1.75. The molecule has 1 atom stereocenters. The van der Waals surface area contributed by atoms with E-state index < -0.39 is 0 Å². The number of guanidine groups is 1. The number of hydrogen-bond donors (Lipinski definition) is 2. The smallest absolute Gasteiger partial charge is 0.191 e. The second-order valence-electron chi connectivity index (χ2n) is 6.06. The summed E-state index contributed by atoms with van der Waals surface area (Å²) in [6, 6.07) is 15.7. The summed E-state index contributed by atoms with van der Waals surface area (Å²) in [5.74, 6) is 3.09. The van der Waals surface area contributed by atoms with Crippen molar-refractivity contribution in [1.82, 2.24) is 10.6 Å². The van der Waals surface area contributed by atoms with Gasteiger partial charge in [0.25, 0.3) is 0 Å². The minimum Gasteiger partial charge on any atom is -0.493 e. The molecular formula is C21H29N3O3. The van der Waals surface area contributed by atoms with E-state index in [-0.39, 0.29) is 6.10 Å². The second-order valence-corrected chi connectivity index (χ2v) is 6.06. The summed E-state index contributed by atoms with van der Waals surface area (Å²) < 4.78 is 16.5. The van der Waals surface area contributed by atoms with E-state index in [2.05, 4.69) is 15.6 Å². The van der Waals surface area contributed by atoms with Crippen molar-refractivity contribution in [3.05, 3.63) is 54.1 Å². The van der Waals surface area contributed by atoms with Crippen molar-refractivity contribution < 1.29 is 14.2 Å². The molecular weight excluding hydrogens is 342 g/mol. The molecule has 1 unspecified atom stereocenters. The maximum absolute atomic E-state index is 5.86. The maximum atomic E-state index is 5.86. The summed E-state index contributed by atoms with van der Waals surface area (Å²) in [5.41, 5.74) is 1.16. The maximum Gasteiger partial charge on any atom is 0.191 e. The highest BCUT2D eigenvalue weighted by Crippen LogP contribution is 2.27. The van der Waals surface area contributed by atoms with Gasteiger partial charge in [0.1, 0.15) is 11.9 Å². The highest BCUT2D eigenvalue weighted by Gasteiger charge is 2.07. The lowest BCUT2D eigenvalue weighted by Gasteiger charge is -2.18. The monoisotopic (exact) mass is 371 g/mol. The van der Waals surface area contributed by atoms with E-state index in [9.17, 15) is 0 Å². The summed E-state index contributed by atoms with van der Waals surface area (Å²) >= 11 is 0. The summed E-state index contributed by atoms with van der Waals surface area (Å²) in [4.78, 5) is 4.25. The van der Waals surface area contributed by atoms with Crippen LogP contribution in [0, 0.1) is 0 Å². The van der Waals surface area contributed by atoms with Crippen LogP contribution in [0.15, 0.2) is 53.5 Å². The largest absolute Gasteiger partial charge is 0.493 e. The fourth-order valence-electron chi connectivity index (χ4n) is 2.60. The zero-order chi connectivity index (χ0) is 19.5. The number of nitrogens with zero attached hydrogens (tertiary/aromatic N) is 1. The van der Waals surface area contributed by atoms with Gasteiger partial charge in [-0.15, -0.1) is 0 Å². The van der Waals surface area contributed by atoms with E-state index in [1.165, 1.54) is 0 Å². The lowest BCUT2D eigenvalue weighted by Crippen LogP contribution is -2.42. The van der Waals surface area contributed by atoms with Gasteiger partial charge in [-0.1, -0.05) is 24.3 Å². The molecule has 0 aliphatic rings. The van der Waals surface area contributed by atoms with Gasteiger partial charge in [-0.3, -0.25) is 4.99 Å². The van der Waals surface area contributed by atoms with Crippen molar-refractivity contribution in [2.24, 2.45) is 4.99 Å². The molecule has 0 heterocycles. The van der Waals surface area contributed by atoms with Crippen LogP contribution in [0.25, 0.3) is 0 Å². The van der Waals surface area contributed by atoms with Gasteiger partial charge in [-0.25, -0.2) is 0 Å². The van der Waals surface area contributed by atoms with E-state index in [1.807, 2.05) is 55.5 Å². The van der Waals surface area contributed by atoms with E-state index >= 15 is 0 Å². The lowest BCUT2D eigenvalue weighted by molar-refractivity contribution is 0.224. The summed E-state index contributed by atoms with van der Waals surface area (Å²) in [7, 11) is 5.04. The van der Waals surface area contributed by atoms with Crippen molar-refractivity contribution in [1.29, 1.82) is 0 Å². The van der Waals surface area contributed by atoms with Gasteiger partial charge in [0.15, 0.2) is 17.5 Å². The van der Waals surface area contributed by atoms with Crippen molar-refractivity contribution in [3.63, 3.8) is 0 Å². The highest BCUT2D eigenvalue weighted by molar-refractivity contribution is 5.79. The minimum absolute atomic E-state index is 0.0248. The standard InChI is InChI=1S/C21H29N3O3/c1-16(27-18-8-6-5-7-9-18)15-24-21(22-2)23-13-12-17-10-11-19(25-3)20(14-17)26-4/h5-11,14,16H,12-13,15H2,1-4H3,(H2,22,23,24). The van der Waals surface area contributed by atoms with Crippen LogP contribution in [0.3, 0.4) is 0 Å². The molecule has 0 bridgehead atoms. The van der Waals surface area contributed by atoms with Crippen LogP contribution in [-0.4, -0.2) is 46.4 Å². The Bertz CT molecular complexity index is 720. The number of para-hydroxylation sites is 1. The molecule has 146 valence electrons. The number of nitrogens with one attached hydrogen (secondary N) is 2. The molecule has 0 spiro atoms. The Morgan fingerprint density at radius 2 is 1.74 bits per heavy atom. The normalized spacial score (nSPS) is 12.2. The van der Waals surface area contributed by atoms with Gasteiger partial charge in [0.05, 0.1) is 20.8 Å². The molecule has 6 heteroatoms. The first-order chi connectivity index (χ1) is 13.2. The van der Waals surface area contributed by atoms with Gasteiger partial charge in [0, 0.05) is 13.6 Å². The molecule has 6 nitrogen and oxygen atoms in total. The van der Waals surface area contributed by atoms with Crippen LogP contribution in [0.4, 0.5) is 0 Å². The van der Waals surface area contributed by atoms with Crippen LogP contribution in [0.2, 0.25) is 0 Å². The topological polar surface area (TPSA) is 64.1 Å². The SMILES string of the molecule is CN=C(NCCc1ccc(OC)c(OC)c1)NCC(C)Oc1ccccc1. The minimum atomic E-state index is 0.0248. The first kappa shape index (κ1) is 20.4. The molecule has 0 aromatic heterocycles. The zero-order valence-corrected chi connectivity index (χ0v) is 16.5. The Labute approximate surface area is 161 Å². The van der Waals surface area contributed by atoms with Crippen LogP contribution in [0.1, 0.15) is 12.5 Å². The second kappa shape index (κ2) is 11.0. The molecule has 27 heavy (non-hydrogen) atoms. The number of hydrogen-bond acceptors (Lipinski definition) is 4. The van der Waals surface area contributed by atoms with Gasteiger partial charge in [-0.05, 0) is 43.2 Å². The molecule has 0 saturated carbocycles. The number of benzene rings is 2. The van der Waals surface area contributed by atoms with Crippen LogP contribution in [0.5, 0.6) is 17.2 Å². The highest BCUT2D eigenvalue weighted by atomic mass is 16.5. The average molecular weight is 371 g/mol. The summed E-state index contributed by atoms with van der Waals surface area (Å²) in [5, 5.41) is 6.60. The van der Waals surface area contributed by atoms with E-state index in [0.717, 1.165) is 41.7 Å². The van der Waals surface area contributed by atoms with Gasteiger partial charge in [-0.2, -0.15) is 0 Å². The Morgan fingerprint density at radius 1 is 1.00 bits per heavy atom. The quantitative estimate of drug-likeness (QED) is 0.524. The molecule has 2 aromatic carbocycles. The number of methoxy groups -OCH3 is 2. The molecule has 0 radical (unpaired) electrons. The fraction of sp³-hybridized carbons (Fsp3) is 0.381. The van der Waals surface area contributed by atoms with Crippen LogP contribution < -0.4 is 24.8 Å². The Kier molecular flexibility index (Phi) is 8.29. The van der Waals surface area contributed by atoms with E-state index in [4.69, 9.17) is 14.2 Å². The van der Waals surface area contributed by atoms with E-state index in [1.54, 1.807) is 21.3 Å². The van der Waals surface area contributed by atoms with Crippen molar-refractivity contribution in [3.8, 4) is 17.2 Å². The van der Waals surface area contributed by atoms with Crippen molar-refractivity contribution >= 4 is 5.96 Å². The fourth-order valence-corrected chi connectivity index (χ4v) is 2.60. The molecule has 0 saturated heterocycles. The Hall–Kier alpha value is -2.89. The lowest BCUT2D eigenvalue weighted by atomic mass is 10.1. The summed E-state index contributed by atoms with van der Waals surface area (Å²) in [6.07, 6.45) is 0.869. The third-order valence-electron chi connectivity index (χ3n) is 4.02. The van der Waals surface area contributed by atoms with Gasteiger partial charge >= 0.3 is 0 Å². The third-order valence-corrected chi connectivity index (χ3v) is 4.02. The van der Waals surface area contributed by atoms with E-state index in [0.29, 0.717) is 6.54 Å².